The molecule has 0 bridgehead atoms. The number of piperidine rings is 1. The summed E-state index contributed by atoms with van der Waals surface area (Å²) in [5, 5.41) is 3.39. The Morgan fingerprint density at radius 3 is 2.88 bits per heavy atom. The van der Waals surface area contributed by atoms with Gasteiger partial charge in [-0.3, -0.25) is 20.0 Å². The zero-order valence-electron chi connectivity index (χ0n) is 14.7. The van der Waals surface area contributed by atoms with Crippen LogP contribution in [-0.4, -0.2) is 54.5 Å². The van der Waals surface area contributed by atoms with Crippen LogP contribution < -0.4 is 5.32 Å². The van der Waals surface area contributed by atoms with Crippen LogP contribution in [0.25, 0.3) is 0 Å². The van der Waals surface area contributed by atoms with Gasteiger partial charge in [-0.25, -0.2) is 0 Å². The molecule has 0 saturated carbocycles. The van der Waals surface area contributed by atoms with Crippen LogP contribution in [-0.2, 0) is 0 Å². The Labute approximate surface area is 145 Å². The van der Waals surface area contributed by atoms with Gasteiger partial charge in [-0.05, 0) is 31.9 Å². The van der Waals surface area contributed by atoms with E-state index in [-0.39, 0.29) is 12.2 Å². The van der Waals surface area contributed by atoms with Crippen molar-refractivity contribution >= 4 is 12.1 Å². The molecule has 130 valence electrons. The van der Waals surface area contributed by atoms with Crippen LogP contribution in [0.15, 0.2) is 48.0 Å². The van der Waals surface area contributed by atoms with Gasteiger partial charge in [-0.15, -0.1) is 0 Å². The molecule has 1 heterocycles. The zero-order valence-corrected chi connectivity index (χ0v) is 14.7. The first-order valence-corrected chi connectivity index (χ1v) is 8.57. The SMILES string of the molecule is C=CC=NC(NCN(C)C(=O)c1ccccc1)N1CCCCC1C. The molecule has 2 rings (SSSR count). The second-order valence-electron chi connectivity index (χ2n) is 6.22. The minimum Gasteiger partial charge on any atom is -0.329 e. The van der Waals surface area contributed by atoms with Crippen LogP contribution in [0.2, 0.25) is 0 Å². The molecule has 0 spiro atoms. The topological polar surface area (TPSA) is 47.9 Å². The third-order valence-corrected chi connectivity index (χ3v) is 4.38. The monoisotopic (exact) mass is 328 g/mol. The van der Waals surface area contributed by atoms with Crippen LogP contribution in [0.3, 0.4) is 0 Å². The first kappa shape index (κ1) is 18.4. The molecule has 1 N–H and O–H groups in total. The fourth-order valence-electron chi connectivity index (χ4n) is 2.97. The molecule has 1 saturated heterocycles. The number of nitrogens with zero attached hydrogens (tertiary/aromatic N) is 3. The second-order valence-corrected chi connectivity index (χ2v) is 6.22. The van der Waals surface area contributed by atoms with E-state index in [0.717, 1.165) is 6.54 Å². The summed E-state index contributed by atoms with van der Waals surface area (Å²) in [6.07, 6.45) is 6.90. The quantitative estimate of drug-likeness (QED) is 0.618. The van der Waals surface area contributed by atoms with Crippen molar-refractivity contribution in [3.63, 3.8) is 0 Å². The number of likely N-dealkylation sites (tertiary alicyclic amines) is 1. The van der Waals surface area contributed by atoms with Gasteiger partial charge in [0.2, 0.25) is 0 Å². The Morgan fingerprint density at radius 2 is 2.21 bits per heavy atom. The molecule has 5 heteroatoms. The van der Waals surface area contributed by atoms with Gasteiger partial charge in [0.15, 0.2) is 6.29 Å². The summed E-state index contributed by atoms with van der Waals surface area (Å²) in [4.78, 5) is 21.0. The van der Waals surface area contributed by atoms with Gasteiger partial charge in [-0.2, -0.15) is 0 Å². The fraction of sp³-hybridized carbons (Fsp3) is 0.474. The molecule has 1 fully saturated rings. The van der Waals surface area contributed by atoms with E-state index in [0.29, 0.717) is 18.3 Å². The lowest BCUT2D eigenvalue weighted by atomic mass is 10.0. The molecule has 2 unspecified atom stereocenters. The molecular weight excluding hydrogens is 300 g/mol. The molecule has 1 aliphatic heterocycles. The van der Waals surface area contributed by atoms with Gasteiger partial charge in [0.25, 0.3) is 5.91 Å². The maximum atomic E-state index is 12.4. The Hall–Kier alpha value is -1.98. The first-order chi connectivity index (χ1) is 11.6. The molecule has 5 nitrogen and oxygen atoms in total. The summed E-state index contributed by atoms with van der Waals surface area (Å²) in [5.41, 5.74) is 0.694. The average Bonchev–Trinajstić information content (AvgIpc) is 2.62. The molecule has 1 aliphatic rings. The van der Waals surface area contributed by atoms with Gasteiger partial charge in [-0.1, -0.05) is 37.3 Å². The Morgan fingerprint density at radius 1 is 1.46 bits per heavy atom. The normalized spacial score (nSPS) is 20.0. The lowest BCUT2D eigenvalue weighted by Crippen LogP contribution is -2.53. The third kappa shape index (κ3) is 5.01. The summed E-state index contributed by atoms with van der Waals surface area (Å²) in [6, 6.07) is 9.81. The molecule has 1 aromatic carbocycles. The number of allylic oxidation sites excluding steroid dienone is 1. The van der Waals surface area contributed by atoms with E-state index in [2.05, 4.69) is 28.7 Å². The highest BCUT2D eigenvalue weighted by Gasteiger charge is 2.25. The summed E-state index contributed by atoms with van der Waals surface area (Å²) >= 11 is 0. The number of benzene rings is 1. The second kappa shape index (κ2) is 9.35. The molecule has 24 heavy (non-hydrogen) atoms. The van der Waals surface area contributed by atoms with E-state index in [9.17, 15) is 4.79 Å². The summed E-state index contributed by atoms with van der Waals surface area (Å²) in [5.74, 6) is 0.00115. The lowest BCUT2D eigenvalue weighted by Gasteiger charge is -2.38. The van der Waals surface area contributed by atoms with Crippen molar-refractivity contribution in [3.05, 3.63) is 48.6 Å². The largest absolute Gasteiger partial charge is 0.329 e. The Balaban J connectivity index is 1.97. The zero-order chi connectivity index (χ0) is 17.4. The highest BCUT2D eigenvalue weighted by atomic mass is 16.2. The highest BCUT2D eigenvalue weighted by Crippen LogP contribution is 2.18. The van der Waals surface area contributed by atoms with E-state index >= 15 is 0 Å². The lowest BCUT2D eigenvalue weighted by molar-refractivity contribution is 0.0654. The van der Waals surface area contributed by atoms with Crippen LogP contribution in [0, 0.1) is 0 Å². The van der Waals surface area contributed by atoms with E-state index < -0.39 is 0 Å². The van der Waals surface area contributed by atoms with Gasteiger partial charge >= 0.3 is 0 Å². The van der Waals surface area contributed by atoms with Gasteiger partial charge in [0, 0.05) is 31.4 Å². The average molecular weight is 328 g/mol. The number of carbonyl (C=O) groups excluding carboxylic acids is 1. The smallest absolute Gasteiger partial charge is 0.254 e. The molecule has 0 aromatic heterocycles. The Kier molecular flexibility index (Phi) is 7.15. The highest BCUT2D eigenvalue weighted by molar-refractivity contribution is 5.93. The van der Waals surface area contributed by atoms with Crippen molar-refractivity contribution in [3.8, 4) is 0 Å². The van der Waals surface area contributed by atoms with Gasteiger partial charge in [0.05, 0.1) is 6.67 Å². The molecule has 0 radical (unpaired) electrons. The number of nitrogens with one attached hydrogen (secondary N) is 1. The van der Waals surface area contributed by atoms with Crippen molar-refractivity contribution in [2.75, 3.05) is 20.3 Å². The number of hydrogen-bond acceptors (Lipinski definition) is 4. The molecule has 1 aromatic rings. The summed E-state index contributed by atoms with van der Waals surface area (Å²) in [6.45, 7) is 7.39. The summed E-state index contributed by atoms with van der Waals surface area (Å²) in [7, 11) is 1.80. The third-order valence-electron chi connectivity index (χ3n) is 4.38. The number of carbonyl (C=O) groups is 1. The van der Waals surface area contributed by atoms with Crippen LogP contribution in [0.5, 0.6) is 0 Å². The molecule has 1 amide bonds. The number of hydrogen-bond donors (Lipinski definition) is 1. The van der Waals surface area contributed by atoms with Crippen molar-refractivity contribution in [2.24, 2.45) is 4.99 Å². The van der Waals surface area contributed by atoms with Crippen molar-refractivity contribution in [2.45, 2.75) is 38.5 Å². The van der Waals surface area contributed by atoms with Crippen LogP contribution in [0.1, 0.15) is 36.5 Å². The predicted molar refractivity (Wildman–Crippen MR) is 99.0 cm³/mol. The maximum Gasteiger partial charge on any atom is 0.254 e. The van der Waals surface area contributed by atoms with Crippen LogP contribution >= 0.6 is 0 Å². The van der Waals surface area contributed by atoms with Gasteiger partial charge in [0.1, 0.15) is 0 Å². The summed E-state index contributed by atoms with van der Waals surface area (Å²) < 4.78 is 0. The van der Waals surface area contributed by atoms with Crippen molar-refractivity contribution in [1.82, 2.24) is 15.1 Å². The molecule has 2 atom stereocenters. The van der Waals surface area contributed by atoms with E-state index in [1.165, 1.54) is 19.3 Å². The van der Waals surface area contributed by atoms with Crippen LogP contribution in [0.4, 0.5) is 0 Å². The van der Waals surface area contributed by atoms with Crippen molar-refractivity contribution < 1.29 is 4.79 Å². The van der Waals surface area contributed by atoms with E-state index in [1.54, 1.807) is 24.2 Å². The van der Waals surface area contributed by atoms with Crippen molar-refractivity contribution in [1.29, 1.82) is 0 Å². The minimum absolute atomic E-state index is 0.00115. The fourth-order valence-corrected chi connectivity index (χ4v) is 2.97. The van der Waals surface area contributed by atoms with E-state index in [1.807, 2.05) is 30.3 Å². The first-order valence-electron chi connectivity index (χ1n) is 8.57. The molecule has 0 aliphatic carbocycles. The molecular formula is C19H28N4O. The van der Waals surface area contributed by atoms with E-state index in [4.69, 9.17) is 0 Å². The maximum absolute atomic E-state index is 12.4. The number of rotatable bonds is 7. The number of aliphatic imine (C=N–C) groups is 1. The standard InChI is InChI=1S/C19H28N4O/c1-4-13-20-19(23-14-9-8-10-16(23)2)21-15-22(3)18(24)17-11-6-5-7-12-17/h4-7,11-13,16,19,21H,1,8-10,14-15H2,2-3H3. The Bertz CT molecular complexity index is 558. The minimum atomic E-state index is -0.135. The van der Waals surface area contributed by atoms with Gasteiger partial charge < -0.3 is 4.90 Å². The number of amides is 1. The predicted octanol–water partition coefficient (Wildman–Crippen LogP) is 2.72.